The minimum absolute atomic E-state index is 0.00772. The average molecular weight is 602 g/mol. The zero-order valence-electron chi connectivity index (χ0n) is 24.8. The number of ether oxygens (including phenoxy) is 1. The first-order valence-electron chi connectivity index (χ1n) is 14.8. The Kier molecular flexibility index (Phi) is 8.45. The molecule has 11 nitrogen and oxygen atoms in total. The number of fused-ring (bicyclic) bond motifs is 1. The van der Waals surface area contributed by atoms with E-state index in [9.17, 15) is 19.1 Å². The topological polar surface area (TPSA) is 124 Å². The Bertz CT molecular complexity index is 1680. The lowest BCUT2D eigenvalue weighted by Gasteiger charge is -2.38. The van der Waals surface area contributed by atoms with E-state index in [2.05, 4.69) is 20.6 Å². The summed E-state index contributed by atoms with van der Waals surface area (Å²) < 4.78 is 21.2. The molecule has 0 bridgehead atoms. The number of carbonyl (C=O) groups excluding carboxylic acids is 2. The number of hydrogen-bond acceptors (Lipinski definition) is 8. The van der Waals surface area contributed by atoms with Crippen LogP contribution in [0.25, 0.3) is 16.9 Å². The zero-order chi connectivity index (χ0) is 30.8. The molecule has 12 heteroatoms. The zero-order valence-corrected chi connectivity index (χ0v) is 24.8. The van der Waals surface area contributed by atoms with E-state index in [1.807, 2.05) is 39.3 Å². The number of halogens is 1. The molecule has 3 N–H and O–H groups in total. The van der Waals surface area contributed by atoms with Crippen LogP contribution in [0.4, 0.5) is 15.9 Å². The molecule has 0 saturated carbocycles. The number of aliphatic hydroxyl groups excluding tert-OH is 1. The molecule has 4 aromatic rings. The summed E-state index contributed by atoms with van der Waals surface area (Å²) in [5, 5.41) is 16.0. The van der Waals surface area contributed by atoms with Crippen LogP contribution in [0.1, 0.15) is 28.8 Å². The van der Waals surface area contributed by atoms with Gasteiger partial charge in [-0.1, -0.05) is 0 Å². The second-order valence-electron chi connectivity index (χ2n) is 11.3. The summed E-state index contributed by atoms with van der Waals surface area (Å²) in [6.45, 7) is 4.79. The number of benzene rings is 2. The predicted molar refractivity (Wildman–Crippen MR) is 163 cm³/mol. The maximum absolute atomic E-state index is 14.4. The summed E-state index contributed by atoms with van der Waals surface area (Å²) in [6, 6.07) is 10.2. The Morgan fingerprint density at radius 1 is 1.11 bits per heavy atom. The number of rotatable bonds is 7. The van der Waals surface area contributed by atoms with Crippen molar-refractivity contribution in [2.75, 3.05) is 51.8 Å². The fraction of sp³-hybridized carbons (Fsp3) is 0.375. The Hall–Kier alpha value is -4.55. The van der Waals surface area contributed by atoms with E-state index in [1.165, 1.54) is 13.2 Å². The summed E-state index contributed by atoms with van der Waals surface area (Å²) in [5.41, 5.74) is 4.11. The largest absolute Gasteiger partial charge is 0.494 e. The molecule has 0 radical (unpaired) electrons. The molecule has 1 unspecified atom stereocenters. The Morgan fingerprint density at radius 3 is 2.66 bits per heavy atom. The first kappa shape index (κ1) is 29.5. The van der Waals surface area contributed by atoms with Gasteiger partial charge in [0.15, 0.2) is 23.0 Å². The van der Waals surface area contributed by atoms with Crippen LogP contribution < -0.4 is 15.4 Å². The average Bonchev–Trinajstić information content (AvgIpc) is 3.49. The molecule has 2 aromatic carbocycles. The van der Waals surface area contributed by atoms with E-state index in [4.69, 9.17) is 4.74 Å². The highest BCUT2D eigenvalue weighted by Crippen LogP contribution is 2.29. The number of imidazole rings is 1. The monoisotopic (exact) mass is 601 g/mol. The van der Waals surface area contributed by atoms with Crippen molar-refractivity contribution in [3.05, 3.63) is 71.9 Å². The number of piperidine rings is 1. The third-order valence-electron chi connectivity index (χ3n) is 8.51. The van der Waals surface area contributed by atoms with E-state index < -0.39 is 5.82 Å². The number of amides is 2. The molecule has 0 aliphatic carbocycles. The number of aromatic nitrogens is 3. The summed E-state index contributed by atoms with van der Waals surface area (Å²) in [4.78, 5) is 39.2. The summed E-state index contributed by atoms with van der Waals surface area (Å²) >= 11 is 0. The molecular weight excluding hydrogens is 565 g/mol. The van der Waals surface area contributed by atoms with Crippen molar-refractivity contribution in [2.45, 2.75) is 25.8 Å². The second kappa shape index (κ2) is 12.6. The summed E-state index contributed by atoms with van der Waals surface area (Å²) in [7, 11) is 1.43. The van der Waals surface area contributed by atoms with Gasteiger partial charge in [0.05, 0.1) is 25.6 Å². The number of likely N-dealkylation sites (tertiary alicyclic amines) is 1. The van der Waals surface area contributed by atoms with E-state index in [-0.39, 0.29) is 36.1 Å². The van der Waals surface area contributed by atoms with Crippen molar-refractivity contribution < 1.29 is 23.8 Å². The number of nitrogens with zero attached hydrogens (tertiary/aromatic N) is 5. The van der Waals surface area contributed by atoms with Gasteiger partial charge in [0.25, 0.3) is 5.91 Å². The van der Waals surface area contributed by atoms with Gasteiger partial charge in [-0.25, -0.2) is 14.4 Å². The number of aliphatic hydroxyl groups is 1. The van der Waals surface area contributed by atoms with E-state index in [0.29, 0.717) is 73.9 Å². The molecule has 2 aliphatic rings. The van der Waals surface area contributed by atoms with Crippen molar-refractivity contribution in [2.24, 2.45) is 5.92 Å². The highest BCUT2D eigenvalue weighted by molar-refractivity contribution is 5.96. The van der Waals surface area contributed by atoms with Crippen molar-refractivity contribution in [1.29, 1.82) is 0 Å². The van der Waals surface area contributed by atoms with Crippen LogP contribution in [0.5, 0.6) is 5.75 Å². The van der Waals surface area contributed by atoms with Gasteiger partial charge in [-0.05, 0) is 61.7 Å². The van der Waals surface area contributed by atoms with Crippen molar-refractivity contribution in [1.82, 2.24) is 29.5 Å². The molecule has 2 fully saturated rings. The van der Waals surface area contributed by atoms with Crippen LogP contribution in [0.3, 0.4) is 0 Å². The lowest BCUT2D eigenvalue weighted by Crippen LogP contribution is -2.56. The Morgan fingerprint density at radius 2 is 1.93 bits per heavy atom. The van der Waals surface area contributed by atoms with Gasteiger partial charge in [0.2, 0.25) is 5.91 Å². The predicted octanol–water partition coefficient (Wildman–Crippen LogP) is 3.24. The van der Waals surface area contributed by atoms with Gasteiger partial charge < -0.3 is 30.3 Å². The number of anilines is 2. The van der Waals surface area contributed by atoms with Gasteiger partial charge in [0, 0.05) is 73.9 Å². The van der Waals surface area contributed by atoms with Gasteiger partial charge >= 0.3 is 0 Å². The number of methoxy groups -OCH3 is 1. The molecular formula is C32H36FN7O4. The van der Waals surface area contributed by atoms with Crippen LogP contribution in [-0.4, -0.2) is 93.6 Å². The maximum Gasteiger partial charge on any atom is 0.254 e. The normalized spacial score (nSPS) is 17.6. The molecule has 2 aromatic heterocycles. The third kappa shape index (κ3) is 5.82. The van der Waals surface area contributed by atoms with Crippen LogP contribution in [0, 0.1) is 18.7 Å². The van der Waals surface area contributed by atoms with Gasteiger partial charge in [-0.2, -0.15) is 0 Å². The van der Waals surface area contributed by atoms with Crippen LogP contribution >= 0.6 is 0 Å². The van der Waals surface area contributed by atoms with E-state index in [1.54, 1.807) is 30.7 Å². The minimum Gasteiger partial charge on any atom is -0.494 e. The number of piperazine rings is 1. The number of carbonyl (C=O) groups is 2. The van der Waals surface area contributed by atoms with Gasteiger partial charge in [-0.3, -0.25) is 14.0 Å². The first-order valence-corrected chi connectivity index (χ1v) is 14.8. The molecule has 2 saturated heterocycles. The standard InChI is InChI=1S/C32H36FN7O4/c1-20-15-23(37-29-30-36-17-27(40(30)14-10-35-29)22-3-6-28(44-2)26(33)16-22)4-5-25(20)32(43)38-11-7-21(8-12-38)31(42)39-13-9-34-24(18-39)19-41/h3-6,10,14-17,21,24,34,41H,7-9,11-13,18-19H2,1-2H3,(H,35,37). The fourth-order valence-electron chi connectivity index (χ4n) is 6.07. The fourth-order valence-corrected chi connectivity index (χ4v) is 6.07. The van der Waals surface area contributed by atoms with E-state index >= 15 is 0 Å². The molecule has 6 rings (SSSR count). The van der Waals surface area contributed by atoms with Crippen molar-refractivity contribution >= 4 is 29.0 Å². The Labute approximate surface area is 254 Å². The lowest BCUT2D eigenvalue weighted by molar-refractivity contribution is -0.138. The van der Waals surface area contributed by atoms with Crippen molar-refractivity contribution in [3.8, 4) is 17.0 Å². The summed E-state index contributed by atoms with van der Waals surface area (Å²) in [6.07, 6.45) is 6.34. The molecule has 1 atom stereocenters. The molecule has 2 amide bonds. The van der Waals surface area contributed by atoms with Crippen LogP contribution in [0.2, 0.25) is 0 Å². The molecule has 230 valence electrons. The van der Waals surface area contributed by atoms with Gasteiger partial charge in [0.1, 0.15) is 0 Å². The molecule has 4 heterocycles. The summed E-state index contributed by atoms with van der Waals surface area (Å²) in [5.74, 6) is 0.203. The number of aryl methyl sites for hydroxylation is 1. The first-order chi connectivity index (χ1) is 21.4. The maximum atomic E-state index is 14.4. The second-order valence-corrected chi connectivity index (χ2v) is 11.3. The highest BCUT2D eigenvalue weighted by Gasteiger charge is 2.32. The molecule has 0 spiro atoms. The smallest absolute Gasteiger partial charge is 0.254 e. The molecule has 2 aliphatic heterocycles. The Balaban J connectivity index is 1.11. The van der Waals surface area contributed by atoms with Gasteiger partial charge in [-0.15, -0.1) is 0 Å². The van der Waals surface area contributed by atoms with Crippen LogP contribution in [-0.2, 0) is 4.79 Å². The van der Waals surface area contributed by atoms with Crippen molar-refractivity contribution in [3.63, 3.8) is 0 Å². The highest BCUT2D eigenvalue weighted by atomic mass is 19.1. The quantitative estimate of drug-likeness (QED) is 0.295. The lowest BCUT2D eigenvalue weighted by atomic mass is 9.94. The number of nitrogens with one attached hydrogen (secondary N) is 2. The third-order valence-corrected chi connectivity index (χ3v) is 8.51. The minimum atomic E-state index is -0.456. The number of hydrogen-bond donors (Lipinski definition) is 3. The molecule has 44 heavy (non-hydrogen) atoms. The van der Waals surface area contributed by atoms with E-state index in [0.717, 1.165) is 11.3 Å². The SMILES string of the molecule is COc1ccc(-c2cnc3c(Nc4ccc(C(=O)N5CCC(C(=O)N6CCNC(CO)C6)CC5)c(C)c4)nccn23)cc1F. The van der Waals surface area contributed by atoms with Crippen LogP contribution in [0.15, 0.2) is 55.0 Å².